The molecule has 2 aromatic rings. The van der Waals surface area contributed by atoms with E-state index in [9.17, 15) is 0 Å². The van der Waals surface area contributed by atoms with Crippen LogP contribution in [0.3, 0.4) is 0 Å². The second-order valence-corrected chi connectivity index (χ2v) is 4.94. The van der Waals surface area contributed by atoms with Crippen molar-refractivity contribution >= 4 is 33.2 Å². The van der Waals surface area contributed by atoms with Crippen LogP contribution in [0.2, 0.25) is 5.02 Å². The molecule has 0 aliphatic rings. The van der Waals surface area contributed by atoms with Crippen molar-refractivity contribution in [2.24, 2.45) is 0 Å². The molecular formula is C13H11BrClNO. The predicted molar refractivity (Wildman–Crippen MR) is 74.3 cm³/mol. The average Bonchev–Trinajstić information content (AvgIpc) is 2.30. The molecule has 0 atom stereocenters. The van der Waals surface area contributed by atoms with Crippen LogP contribution in [0, 0.1) is 0 Å². The van der Waals surface area contributed by atoms with E-state index in [-0.39, 0.29) is 0 Å². The summed E-state index contributed by atoms with van der Waals surface area (Å²) in [6, 6.07) is 13.0. The highest BCUT2D eigenvalue weighted by molar-refractivity contribution is 9.10. The maximum absolute atomic E-state index is 5.88. The minimum atomic E-state index is 0.445. The number of halogens is 2. The first-order chi connectivity index (χ1) is 8.15. The van der Waals surface area contributed by atoms with E-state index < -0.39 is 0 Å². The first-order valence-electron chi connectivity index (χ1n) is 5.07. The molecule has 0 unspecified atom stereocenters. The van der Waals surface area contributed by atoms with Crippen LogP contribution >= 0.6 is 27.5 Å². The van der Waals surface area contributed by atoms with Gasteiger partial charge in [0.15, 0.2) is 0 Å². The molecule has 0 saturated heterocycles. The van der Waals surface area contributed by atoms with Gasteiger partial charge in [0.2, 0.25) is 0 Å². The molecule has 88 valence electrons. The summed E-state index contributed by atoms with van der Waals surface area (Å²) >= 11 is 9.16. The summed E-state index contributed by atoms with van der Waals surface area (Å²) in [5, 5.41) is 0.695. The Balaban J connectivity index is 2.04. The Hall–Kier alpha value is -1.19. The number of hydrogen-bond donors (Lipinski definition) is 1. The molecule has 2 nitrogen and oxygen atoms in total. The highest BCUT2D eigenvalue weighted by atomic mass is 79.9. The first-order valence-corrected chi connectivity index (χ1v) is 6.24. The van der Waals surface area contributed by atoms with Gasteiger partial charge in [0.1, 0.15) is 12.4 Å². The normalized spacial score (nSPS) is 10.2. The Labute approximate surface area is 113 Å². The molecule has 2 N–H and O–H groups in total. The Morgan fingerprint density at radius 2 is 1.82 bits per heavy atom. The van der Waals surface area contributed by atoms with Crippen LogP contribution in [0.15, 0.2) is 46.9 Å². The molecule has 0 aliphatic heterocycles. The van der Waals surface area contributed by atoms with Crippen LogP contribution in [0.5, 0.6) is 5.75 Å². The Morgan fingerprint density at radius 3 is 2.47 bits per heavy atom. The molecule has 0 saturated carbocycles. The van der Waals surface area contributed by atoms with E-state index in [0.717, 1.165) is 15.8 Å². The van der Waals surface area contributed by atoms with Crippen molar-refractivity contribution in [3.8, 4) is 5.75 Å². The summed E-state index contributed by atoms with van der Waals surface area (Å²) in [5.74, 6) is 0.775. The van der Waals surface area contributed by atoms with Crippen LogP contribution in [-0.2, 0) is 6.61 Å². The smallest absolute Gasteiger partial charge is 0.119 e. The molecule has 0 spiro atoms. The Kier molecular flexibility index (Phi) is 3.92. The molecule has 2 aromatic carbocycles. The zero-order valence-corrected chi connectivity index (χ0v) is 11.3. The van der Waals surface area contributed by atoms with E-state index in [1.54, 1.807) is 12.1 Å². The lowest BCUT2D eigenvalue weighted by Crippen LogP contribution is -1.99. The van der Waals surface area contributed by atoms with Crippen LogP contribution in [-0.4, -0.2) is 0 Å². The summed E-state index contributed by atoms with van der Waals surface area (Å²) in [7, 11) is 0. The van der Waals surface area contributed by atoms with Gasteiger partial charge in [0, 0.05) is 20.7 Å². The SMILES string of the molecule is Nc1cc(Br)ccc1COc1ccc(Cl)cc1. The van der Waals surface area contributed by atoms with Gasteiger partial charge in [-0.1, -0.05) is 33.6 Å². The molecule has 17 heavy (non-hydrogen) atoms. The fraction of sp³-hybridized carbons (Fsp3) is 0.0769. The second kappa shape index (κ2) is 5.43. The number of rotatable bonds is 3. The zero-order chi connectivity index (χ0) is 12.3. The Bertz CT molecular complexity index is 513. The van der Waals surface area contributed by atoms with E-state index in [4.69, 9.17) is 22.1 Å². The predicted octanol–water partition coefficient (Wildman–Crippen LogP) is 4.26. The second-order valence-electron chi connectivity index (χ2n) is 3.59. The van der Waals surface area contributed by atoms with Gasteiger partial charge in [0.25, 0.3) is 0 Å². The molecule has 0 bridgehead atoms. The number of ether oxygens (including phenoxy) is 1. The molecule has 0 amide bonds. The third-order valence-corrected chi connectivity index (χ3v) is 3.06. The molecule has 0 radical (unpaired) electrons. The van der Waals surface area contributed by atoms with Crippen LogP contribution < -0.4 is 10.5 Å². The van der Waals surface area contributed by atoms with Crippen molar-refractivity contribution in [3.05, 3.63) is 57.5 Å². The number of hydrogen-bond acceptors (Lipinski definition) is 2. The summed E-state index contributed by atoms with van der Waals surface area (Å²) in [4.78, 5) is 0. The van der Waals surface area contributed by atoms with Crippen molar-refractivity contribution in [3.63, 3.8) is 0 Å². The maximum Gasteiger partial charge on any atom is 0.119 e. The van der Waals surface area contributed by atoms with Gasteiger partial charge in [-0.3, -0.25) is 0 Å². The van der Waals surface area contributed by atoms with Gasteiger partial charge in [-0.15, -0.1) is 0 Å². The van der Waals surface area contributed by atoms with Gasteiger partial charge in [0.05, 0.1) is 0 Å². The molecule has 0 aromatic heterocycles. The Morgan fingerprint density at radius 1 is 1.12 bits per heavy atom. The topological polar surface area (TPSA) is 35.2 Å². The summed E-state index contributed by atoms with van der Waals surface area (Å²) < 4.78 is 6.58. The van der Waals surface area contributed by atoms with Crippen LogP contribution in [0.25, 0.3) is 0 Å². The highest BCUT2D eigenvalue weighted by Gasteiger charge is 2.01. The fourth-order valence-corrected chi connectivity index (χ4v) is 1.89. The number of benzene rings is 2. The summed E-state index contributed by atoms with van der Waals surface area (Å²) in [6.45, 7) is 0.445. The molecule has 2 rings (SSSR count). The summed E-state index contributed by atoms with van der Waals surface area (Å²) in [6.07, 6.45) is 0. The molecule has 4 heteroatoms. The van der Waals surface area contributed by atoms with E-state index >= 15 is 0 Å². The van der Waals surface area contributed by atoms with Crippen LogP contribution in [0.1, 0.15) is 5.56 Å². The monoisotopic (exact) mass is 311 g/mol. The minimum Gasteiger partial charge on any atom is -0.489 e. The van der Waals surface area contributed by atoms with Crippen molar-refractivity contribution < 1.29 is 4.74 Å². The average molecular weight is 313 g/mol. The van der Waals surface area contributed by atoms with Gasteiger partial charge >= 0.3 is 0 Å². The van der Waals surface area contributed by atoms with E-state index in [2.05, 4.69) is 15.9 Å². The van der Waals surface area contributed by atoms with Gasteiger partial charge in [-0.05, 0) is 36.4 Å². The highest BCUT2D eigenvalue weighted by Crippen LogP contribution is 2.21. The maximum atomic E-state index is 5.88. The lowest BCUT2D eigenvalue weighted by Gasteiger charge is -2.08. The lowest BCUT2D eigenvalue weighted by molar-refractivity contribution is 0.307. The van der Waals surface area contributed by atoms with Crippen molar-refractivity contribution in [2.75, 3.05) is 5.73 Å². The van der Waals surface area contributed by atoms with Crippen LogP contribution in [0.4, 0.5) is 5.69 Å². The summed E-state index contributed by atoms with van der Waals surface area (Å²) in [5.41, 5.74) is 7.56. The zero-order valence-electron chi connectivity index (χ0n) is 8.99. The standard InChI is InChI=1S/C13H11BrClNO/c14-10-2-1-9(13(16)7-10)8-17-12-5-3-11(15)4-6-12/h1-7H,8,16H2. The number of anilines is 1. The van der Waals surface area contributed by atoms with E-state index in [0.29, 0.717) is 17.3 Å². The molecule has 0 aliphatic carbocycles. The first kappa shape index (κ1) is 12.3. The fourth-order valence-electron chi connectivity index (χ4n) is 1.39. The quantitative estimate of drug-likeness (QED) is 0.859. The van der Waals surface area contributed by atoms with E-state index in [1.165, 1.54) is 0 Å². The lowest BCUT2D eigenvalue weighted by atomic mass is 10.2. The largest absolute Gasteiger partial charge is 0.489 e. The minimum absolute atomic E-state index is 0.445. The third-order valence-electron chi connectivity index (χ3n) is 2.32. The number of nitrogen functional groups attached to an aromatic ring is 1. The van der Waals surface area contributed by atoms with Gasteiger partial charge in [-0.25, -0.2) is 0 Å². The van der Waals surface area contributed by atoms with Crippen molar-refractivity contribution in [2.45, 2.75) is 6.61 Å². The van der Waals surface area contributed by atoms with Crippen molar-refractivity contribution in [1.29, 1.82) is 0 Å². The molecular weight excluding hydrogens is 302 g/mol. The van der Waals surface area contributed by atoms with Gasteiger partial charge in [-0.2, -0.15) is 0 Å². The molecule has 0 heterocycles. The van der Waals surface area contributed by atoms with E-state index in [1.807, 2.05) is 30.3 Å². The van der Waals surface area contributed by atoms with Gasteiger partial charge < -0.3 is 10.5 Å². The third kappa shape index (κ3) is 3.38. The van der Waals surface area contributed by atoms with Crippen molar-refractivity contribution in [1.82, 2.24) is 0 Å². The molecule has 0 fully saturated rings. The number of nitrogens with two attached hydrogens (primary N) is 1.